The van der Waals surface area contributed by atoms with Gasteiger partial charge in [-0.05, 0) is 25.1 Å². The molecule has 0 bridgehead atoms. The van der Waals surface area contributed by atoms with Gasteiger partial charge in [0.1, 0.15) is 5.76 Å². The quantitative estimate of drug-likeness (QED) is 0.761. The number of aryl methyl sites for hydroxylation is 1. The molecule has 0 N–H and O–H groups in total. The van der Waals surface area contributed by atoms with Gasteiger partial charge in [0.15, 0.2) is 0 Å². The minimum absolute atomic E-state index is 0.0481. The first-order valence-corrected chi connectivity index (χ1v) is 10.1. The van der Waals surface area contributed by atoms with Crippen molar-refractivity contribution in [3.05, 3.63) is 45.8 Å². The summed E-state index contributed by atoms with van der Waals surface area (Å²) in [6.07, 6.45) is 0.109. The predicted octanol–water partition coefficient (Wildman–Crippen LogP) is 2.37. The monoisotopic (exact) mass is 417 g/mol. The van der Waals surface area contributed by atoms with Crippen LogP contribution in [0.1, 0.15) is 11.5 Å². The maximum Gasteiger partial charge on any atom is 0.243 e. The van der Waals surface area contributed by atoms with Gasteiger partial charge in [0, 0.05) is 42.3 Å². The highest BCUT2D eigenvalue weighted by molar-refractivity contribution is 7.89. The van der Waals surface area contributed by atoms with Crippen LogP contribution in [0.25, 0.3) is 0 Å². The van der Waals surface area contributed by atoms with Crippen molar-refractivity contribution in [1.29, 1.82) is 0 Å². The van der Waals surface area contributed by atoms with E-state index in [2.05, 4.69) is 5.16 Å². The largest absolute Gasteiger partial charge is 0.361 e. The number of amides is 1. The summed E-state index contributed by atoms with van der Waals surface area (Å²) in [4.78, 5) is 14.0. The van der Waals surface area contributed by atoms with Crippen molar-refractivity contribution >= 4 is 39.1 Å². The number of rotatable bonds is 4. The molecule has 2 heterocycles. The molecule has 0 saturated carbocycles. The number of aromatic nitrogens is 1. The van der Waals surface area contributed by atoms with Crippen molar-refractivity contribution in [2.75, 3.05) is 26.2 Å². The summed E-state index contributed by atoms with van der Waals surface area (Å²) in [7, 11) is -3.71. The van der Waals surface area contributed by atoms with Gasteiger partial charge in [0.25, 0.3) is 0 Å². The van der Waals surface area contributed by atoms with Gasteiger partial charge in [-0.1, -0.05) is 28.4 Å². The molecule has 0 spiro atoms. The molecule has 140 valence electrons. The third kappa shape index (κ3) is 4.20. The van der Waals surface area contributed by atoms with Crippen LogP contribution in [0.4, 0.5) is 0 Å². The predicted molar refractivity (Wildman–Crippen MR) is 96.7 cm³/mol. The summed E-state index contributed by atoms with van der Waals surface area (Å²) in [6.45, 7) is 2.80. The lowest BCUT2D eigenvalue weighted by molar-refractivity contribution is -0.131. The molecular formula is C16H17Cl2N3O4S. The van der Waals surface area contributed by atoms with E-state index >= 15 is 0 Å². The van der Waals surface area contributed by atoms with E-state index in [1.807, 2.05) is 0 Å². The molecule has 3 rings (SSSR count). The fourth-order valence-electron chi connectivity index (χ4n) is 2.76. The van der Waals surface area contributed by atoms with Crippen LogP contribution in [-0.2, 0) is 21.2 Å². The zero-order chi connectivity index (χ0) is 18.9. The Bertz CT molecular complexity index is 901. The molecule has 0 radical (unpaired) electrons. The van der Waals surface area contributed by atoms with E-state index < -0.39 is 10.0 Å². The molecule has 0 aliphatic carbocycles. The highest BCUT2D eigenvalue weighted by Gasteiger charge is 2.30. The smallest absolute Gasteiger partial charge is 0.243 e. The Labute approximate surface area is 161 Å². The van der Waals surface area contributed by atoms with Gasteiger partial charge in [-0.25, -0.2) is 8.42 Å². The number of carbonyl (C=O) groups is 1. The molecule has 1 aromatic heterocycles. The number of hydrogen-bond acceptors (Lipinski definition) is 5. The number of nitrogens with zero attached hydrogens (tertiary/aromatic N) is 3. The van der Waals surface area contributed by atoms with Crippen LogP contribution in [0.5, 0.6) is 0 Å². The topological polar surface area (TPSA) is 83.7 Å². The van der Waals surface area contributed by atoms with Crippen LogP contribution >= 0.6 is 23.2 Å². The lowest BCUT2D eigenvalue weighted by Gasteiger charge is -2.34. The van der Waals surface area contributed by atoms with Crippen molar-refractivity contribution in [3.8, 4) is 0 Å². The number of hydrogen-bond donors (Lipinski definition) is 0. The Morgan fingerprint density at radius 3 is 2.27 bits per heavy atom. The minimum atomic E-state index is -3.71. The minimum Gasteiger partial charge on any atom is -0.361 e. The van der Waals surface area contributed by atoms with E-state index in [1.165, 1.54) is 22.5 Å². The van der Waals surface area contributed by atoms with E-state index in [-0.39, 0.29) is 40.4 Å². The molecule has 1 aliphatic rings. The lowest BCUT2D eigenvalue weighted by atomic mass is 10.2. The standard InChI is InChI=1S/C16H17Cl2N3O4S/c1-11-6-14(25-19-11)10-16(22)20-2-4-21(5-3-20)26(23,24)15-8-12(17)7-13(18)9-15/h6-9H,2-5,10H2,1H3. The summed E-state index contributed by atoms with van der Waals surface area (Å²) in [5.74, 6) is 0.375. The Hall–Kier alpha value is -1.61. The second kappa shape index (κ2) is 7.56. The molecular weight excluding hydrogens is 401 g/mol. The molecule has 1 aliphatic heterocycles. The molecule has 26 heavy (non-hydrogen) atoms. The number of halogens is 2. The molecule has 0 unspecified atom stereocenters. The van der Waals surface area contributed by atoms with Crippen LogP contribution in [0, 0.1) is 6.92 Å². The van der Waals surface area contributed by atoms with Gasteiger partial charge in [-0.15, -0.1) is 0 Å². The summed E-state index contributed by atoms with van der Waals surface area (Å²) < 4.78 is 31.9. The van der Waals surface area contributed by atoms with Crippen LogP contribution in [0.2, 0.25) is 10.0 Å². The normalized spacial score (nSPS) is 16.0. The van der Waals surface area contributed by atoms with Crippen molar-refractivity contribution in [3.63, 3.8) is 0 Å². The van der Waals surface area contributed by atoms with E-state index in [1.54, 1.807) is 17.9 Å². The Balaban J connectivity index is 1.64. The maximum atomic E-state index is 12.7. The average Bonchev–Trinajstić information content (AvgIpc) is 2.99. The number of sulfonamides is 1. The zero-order valence-corrected chi connectivity index (χ0v) is 16.3. The fourth-order valence-corrected chi connectivity index (χ4v) is 4.91. The van der Waals surface area contributed by atoms with Crippen LogP contribution in [0.3, 0.4) is 0 Å². The average molecular weight is 418 g/mol. The van der Waals surface area contributed by atoms with Crippen molar-refractivity contribution in [2.45, 2.75) is 18.2 Å². The molecule has 1 saturated heterocycles. The van der Waals surface area contributed by atoms with Gasteiger partial charge in [-0.3, -0.25) is 4.79 Å². The van der Waals surface area contributed by atoms with E-state index in [0.717, 1.165) is 0 Å². The number of benzene rings is 1. The lowest BCUT2D eigenvalue weighted by Crippen LogP contribution is -2.50. The number of carbonyl (C=O) groups excluding carboxylic acids is 1. The van der Waals surface area contributed by atoms with Gasteiger partial charge in [-0.2, -0.15) is 4.31 Å². The first-order chi connectivity index (χ1) is 12.3. The van der Waals surface area contributed by atoms with E-state index in [0.29, 0.717) is 24.5 Å². The molecule has 1 fully saturated rings. The Morgan fingerprint density at radius 2 is 1.73 bits per heavy atom. The first-order valence-electron chi connectivity index (χ1n) is 7.92. The van der Waals surface area contributed by atoms with Gasteiger partial charge in [0.05, 0.1) is 17.0 Å². The summed E-state index contributed by atoms with van der Waals surface area (Å²) >= 11 is 11.8. The van der Waals surface area contributed by atoms with E-state index in [9.17, 15) is 13.2 Å². The van der Waals surface area contributed by atoms with Crippen LogP contribution in [-0.4, -0.2) is 54.9 Å². The third-order valence-electron chi connectivity index (χ3n) is 4.07. The second-order valence-corrected chi connectivity index (χ2v) is 8.81. The zero-order valence-electron chi connectivity index (χ0n) is 14.0. The summed E-state index contributed by atoms with van der Waals surface area (Å²) in [5.41, 5.74) is 0.712. The highest BCUT2D eigenvalue weighted by Crippen LogP contribution is 2.25. The molecule has 0 atom stereocenters. The summed E-state index contributed by atoms with van der Waals surface area (Å²) in [6, 6.07) is 5.92. The van der Waals surface area contributed by atoms with Crippen molar-refractivity contribution in [2.24, 2.45) is 0 Å². The molecule has 1 amide bonds. The van der Waals surface area contributed by atoms with Crippen molar-refractivity contribution in [1.82, 2.24) is 14.4 Å². The van der Waals surface area contributed by atoms with Gasteiger partial charge in [0.2, 0.25) is 15.9 Å². The number of piperazine rings is 1. The molecule has 1 aromatic carbocycles. The Morgan fingerprint density at radius 1 is 1.12 bits per heavy atom. The van der Waals surface area contributed by atoms with Gasteiger partial charge >= 0.3 is 0 Å². The maximum absolute atomic E-state index is 12.7. The second-order valence-electron chi connectivity index (χ2n) is 6.00. The van der Waals surface area contributed by atoms with Gasteiger partial charge < -0.3 is 9.42 Å². The third-order valence-corrected chi connectivity index (χ3v) is 6.38. The van der Waals surface area contributed by atoms with Crippen LogP contribution < -0.4 is 0 Å². The fraction of sp³-hybridized carbons (Fsp3) is 0.375. The SMILES string of the molecule is Cc1cc(CC(=O)N2CCN(S(=O)(=O)c3cc(Cl)cc(Cl)c3)CC2)on1. The molecule has 2 aromatic rings. The Kier molecular flexibility index (Phi) is 5.57. The van der Waals surface area contributed by atoms with Crippen LogP contribution in [0.15, 0.2) is 33.7 Å². The van der Waals surface area contributed by atoms with E-state index in [4.69, 9.17) is 27.7 Å². The molecule has 7 nitrogen and oxygen atoms in total. The highest BCUT2D eigenvalue weighted by atomic mass is 35.5. The van der Waals surface area contributed by atoms with Crippen molar-refractivity contribution < 1.29 is 17.7 Å². The first kappa shape index (κ1) is 19.2. The molecule has 10 heteroatoms. The summed E-state index contributed by atoms with van der Waals surface area (Å²) in [5, 5.41) is 4.27.